The highest BCUT2D eigenvalue weighted by molar-refractivity contribution is 7.99. The summed E-state index contributed by atoms with van der Waals surface area (Å²) in [4.78, 5) is 12.0. The molecule has 120 valence electrons. The summed E-state index contributed by atoms with van der Waals surface area (Å²) >= 11 is 1.37. The summed E-state index contributed by atoms with van der Waals surface area (Å²) in [6.07, 6.45) is 0. The number of nitrogens with zero attached hydrogens (tertiary/aromatic N) is 2. The lowest BCUT2D eigenvalue weighted by Crippen LogP contribution is -2.14. The van der Waals surface area contributed by atoms with Crippen molar-refractivity contribution < 1.29 is 4.79 Å². The number of benzene rings is 2. The summed E-state index contributed by atoms with van der Waals surface area (Å²) in [6, 6.07) is 21.4. The Bertz CT molecular complexity index is 820. The Labute approximate surface area is 145 Å². The molecule has 1 N–H and O–H groups in total. The molecule has 24 heavy (non-hydrogen) atoms. The molecule has 0 aliphatic rings. The highest BCUT2D eigenvalue weighted by Gasteiger charge is 2.06. The van der Waals surface area contributed by atoms with E-state index in [2.05, 4.69) is 15.5 Å². The van der Waals surface area contributed by atoms with Crippen molar-refractivity contribution in [3.8, 4) is 11.3 Å². The van der Waals surface area contributed by atoms with Crippen molar-refractivity contribution >= 4 is 23.4 Å². The quantitative estimate of drug-likeness (QED) is 0.711. The number of hydrogen-bond donors (Lipinski definition) is 1. The van der Waals surface area contributed by atoms with Gasteiger partial charge in [0.05, 0.1) is 11.4 Å². The van der Waals surface area contributed by atoms with Crippen molar-refractivity contribution in [3.05, 3.63) is 72.3 Å². The van der Waals surface area contributed by atoms with E-state index >= 15 is 0 Å². The van der Waals surface area contributed by atoms with Gasteiger partial charge in [-0.05, 0) is 36.8 Å². The van der Waals surface area contributed by atoms with Gasteiger partial charge in [-0.2, -0.15) is 0 Å². The molecule has 4 nitrogen and oxygen atoms in total. The van der Waals surface area contributed by atoms with E-state index in [0.29, 0.717) is 5.75 Å². The minimum Gasteiger partial charge on any atom is -0.325 e. The lowest BCUT2D eigenvalue weighted by molar-refractivity contribution is -0.113. The normalized spacial score (nSPS) is 10.4. The fraction of sp³-hybridized carbons (Fsp3) is 0.105. The number of thioether (sulfide) groups is 1. The van der Waals surface area contributed by atoms with Crippen LogP contribution in [0.15, 0.2) is 71.8 Å². The zero-order valence-corrected chi connectivity index (χ0v) is 14.1. The number of aryl methyl sites for hydroxylation is 1. The third kappa shape index (κ3) is 4.43. The molecule has 2 aromatic carbocycles. The van der Waals surface area contributed by atoms with Gasteiger partial charge < -0.3 is 5.32 Å². The van der Waals surface area contributed by atoms with Crippen LogP contribution in [0.5, 0.6) is 0 Å². The van der Waals surface area contributed by atoms with Crippen LogP contribution < -0.4 is 5.32 Å². The van der Waals surface area contributed by atoms with Crippen LogP contribution in [0.3, 0.4) is 0 Å². The summed E-state index contributed by atoms with van der Waals surface area (Å²) in [6.45, 7) is 1.99. The minimum atomic E-state index is -0.0560. The molecule has 1 heterocycles. The SMILES string of the molecule is Cc1cccc(NC(=O)CSc2ccc(-c3ccccc3)nn2)c1. The molecule has 0 saturated heterocycles. The number of anilines is 1. The Kier molecular flexibility index (Phi) is 5.23. The van der Waals surface area contributed by atoms with Crippen LogP contribution in [0, 0.1) is 6.92 Å². The van der Waals surface area contributed by atoms with Crippen molar-refractivity contribution in [2.45, 2.75) is 11.9 Å². The minimum absolute atomic E-state index is 0.0560. The first kappa shape index (κ1) is 16.2. The zero-order valence-electron chi connectivity index (χ0n) is 13.3. The second-order valence-corrected chi connectivity index (χ2v) is 6.32. The van der Waals surface area contributed by atoms with E-state index in [1.807, 2.05) is 73.7 Å². The van der Waals surface area contributed by atoms with Gasteiger partial charge in [0.1, 0.15) is 5.03 Å². The Morgan fingerprint density at radius 2 is 1.83 bits per heavy atom. The molecule has 0 unspecified atom stereocenters. The van der Waals surface area contributed by atoms with Crippen molar-refractivity contribution in [1.29, 1.82) is 0 Å². The van der Waals surface area contributed by atoms with Gasteiger partial charge in [-0.25, -0.2) is 0 Å². The fourth-order valence-corrected chi connectivity index (χ4v) is 2.83. The lowest BCUT2D eigenvalue weighted by Gasteiger charge is -2.06. The van der Waals surface area contributed by atoms with E-state index in [1.165, 1.54) is 11.8 Å². The average Bonchev–Trinajstić information content (AvgIpc) is 2.61. The number of rotatable bonds is 5. The average molecular weight is 335 g/mol. The molecular weight excluding hydrogens is 318 g/mol. The third-order valence-electron chi connectivity index (χ3n) is 3.36. The van der Waals surface area contributed by atoms with E-state index in [0.717, 1.165) is 27.5 Å². The van der Waals surface area contributed by atoms with Crippen LogP contribution in [0.25, 0.3) is 11.3 Å². The zero-order chi connectivity index (χ0) is 16.8. The maximum atomic E-state index is 12.0. The Hall–Kier alpha value is -2.66. The monoisotopic (exact) mass is 335 g/mol. The number of hydrogen-bond acceptors (Lipinski definition) is 4. The first-order valence-corrected chi connectivity index (χ1v) is 8.58. The van der Waals surface area contributed by atoms with Gasteiger partial charge in [-0.1, -0.05) is 54.2 Å². The first-order valence-electron chi connectivity index (χ1n) is 7.59. The summed E-state index contributed by atoms with van der Waals surface area (Å²) < 4.78 is 0. The molecule has 5 heteroatoms. The first-order chi connectivity index (χ1) is 11.7. The van der Waals surface area contributed by atoms with Gasteiger partial charge >= 0.3 is 0 Å². The number of aromatic nitrogens is 2. The van der Waals surface area contributed by atoms with E-state index in [4.69, 9.17) is 0 Å². The summed E-state index contributed by atoms with van der Waals surface area (Å²) in [5.74, 6) is 0.243. The Balaban J connectivity index is 1.56. The van der Waals surface area contributed by atoms with Crippen molar-refractivity contribution in [3.63, 3.8) is 0 Å². The van der Waals surface area contributed by atoms with Crippen LogP contribution in [0.4, 0.5) is 5.69 Å². The number of nitrogens with one attached hydrogen (secondary N) is 1. The summed E-state index contributed by atoms with van der Waals surface area (Å²) in [7, 11) is 0. The number of amides is 1. The summed E-state index contributed by atoms with van der Waals surface area (Å²) in [5.41, 5.74) is 3.77. The third-order valence-corrected chi connectivity index (χ3v) is 4.28. The molecule has 0 fully saturated rings. The largest absolute Gasteiger partial charge is 0.325 e. The summed E-state index contributed by atoms with van der Waals surface area (Å²) in [5, 5.41) is 12.0. The van der Waals surface area contributed by atoms with Crippen LogP contribution in [0.2, 0.25) is 0 Å². The van der Waals surface area contributed by atoms with Crippen LogP contribution >= 0.6 is 11.8 Å². The van der Waals surface area contributed by atoms with Crippen LogP contribution in [0.1, 0.15) is 5.56 Å². The molecule has 3 rings (SSSR count). The van der Waals surface area contributed by atoms with Gasteiger partial charge in [0.2, 0.25) is 5.91 Å². The predicted octanol–water partition coefficient (Wildman–Crippen LogP) is 4.18. The highest BCUT2D eigenvalue weighted by atomic mass is 32.2. The molecule has 1 aromatic heterocycles. The van der Waals surface area contributed by atoms with Gasteiger partial charge in [-0.15, -0.1) is 10.2 Å². The highest BCUT2D eigenvalue weighted by Crippen LogP contribution is 2.20. The molecule has 0 bridgehead atoms. The molecule has 3 aromatic rings. The van der Waals surface area contributed by atoms with Crippen LogP contribution in [-0.2, 0) is 4.79 Å². The van der Waals surface area contributed by atoms with Crippen molar-refractivity contribution in [1.82, 2.24) is 10.2 Å². The van der Waals surface area contributed by atoms with E-state index in [-0.39, 0.29) is 5.91 Å². The predicted molar refractivity (Wildman–Crippen MR) is 98.0 cm³/mol. The van der Waals surface area contributed by atoms with Crippen molar-refractivity contribution in [2.24, 2.45) is 0 Å². The molecule has 0 saturated carbocycles. The maximum absolute atomic E-state index is 12.0. The molecule has 0 aliphatic heterocycles. The maximum Gasteiger partial charge on any atom is 0.234 e. The van der Waals surface area contributed by atoms with E-state index in [1.54, 1.807) is 0 Å². The second kappa shape index (κ2) is 7.75. The molecule has 1 amide bonds. The Morgan fingerprint density at radius 1 is 1.00 bits per heavy atom. The Morgan fingerprint density at radius 3 is 2.54 bits per heavy atom. The molecular formula is C19H17N3OS. The lowest BCUT2D eigenvalue weighted by atomic mass is 10.1. The fourth-order valence-electron chi connectivity index (χ4n) is 2.22. The molecule has 0 atom stereocenters. The second-order valence-electron chi connectivity index (χ2n) is 5.33. The van der Waals surface area contributed by atoms with Crippen molar-refractivity contribution in [2.75, 3.05) is 11.1 Å². The standard InChI is InChI=1S/C19H17N3OS/c1-14-6-5-9-16(12-14)20-18(23)13-24-19-11-10-17(21-22-19)15-7-3-2-4-8-15/h2-12H,13H2,1H3,(H,20,23). The van der Waals surface area contributed by atoms with Crippen LogP contribution in [-0.4, -0.2) is 21.9 Å². The van der Waals surface area contributed by atoms with Gasteiger partial charge in [0.25, 0.3) is 0 Å². The van der Waals surface area contributed by atoms with Gasteiger partial charge in [0.15, 0.2) is 0 Å². The number of carbonyl (C=O) groups is 1. The molecule has 0 spiro atoms. The van der Waals surface area contributed by atoms with Gasteiger partial charge in [-0.3, -0.25) is 4.79 Å². The van der Waals surface area contributed by atoms with E-state index in [9.17, 15) is 4.79 Å². The molecule has 0 aliphatic carbocycles. The van der Waals surface area contributed by atoms with E-state index < -0.39 is 0 Å². The smallest absolute Gasteiger partial charge is 0.234 e. The topological polar surface area (TPSA) is 54.9 Å². The number of carbonyl (C=O) groups excluding carboxylic acids is 1. The van der Waals surface area contributed by atoms with Gasteiger partial charge in [0, 0.05) is 11.3 Å². The molecule has 0 radical (unpaired) electrons.